The van der Waals surface area contributed by atoms with E-state index in [1.807, 2.05) is 6.92 Å². The van der Waals surface area contributed by atoms with Crippen LogP contribution in [0.25, 0.3) is 0 Å². The van der Waals surface area contributed by atoms with E-state index in [0.29, 0.717) is 5.92 Å². The van der Waals surface area contributed by atoms with Crippen LogP contribution in [0, 0.1) is 5.92 Å². The van der Waals surface area contributed by atoms with Gasteiger partial charge in [0.05, 0.1) is 10.6 Å². The first-order valence-electron chi connectivity index (χ1n) is 10.4. The zero-order valence-electron chi connectivity index (χ0n) is 18.7. The second-order valence-corrected chi connectivity index (χ2v) is 11.0. The Labute approximate surface area is 193 Å². The first kappa shape index (κ1) is 26.1. The van der Waals surface area contributed by atoms with Crippen LogP contribution in [0.3, 0.4) is 0 Å². The largest absolute Gasteiger partial charge is 0.452 e. The highest BCUT2D eigenvalue weighted by Gasteiger charge is 2.26. The van der Waals surface area contributed by atoms with Crippen LogP contribution >= 0.6 is 11.6 Å². The number of esters is 1. The number of imide groups is 1. The molecule has 3 N–H and O–H groups in total. The predicted octanol–water partition coefficient (Wildman–Crippen LogP) is 2.98. The molecule has 1 aromatic carbocycles. The molecule has 9 nitrogen and oxygen atoms in total. The maximum Gasteiger partial charge on any atom is 0.338 e. The van der Waals surface area contributed by atoms with Gasteiger partial charge in [0.2, 0.25) is 10.0 Å². The monoisotopic (exact) mass is 487 g/mol. The fourth-order valence-electron chi connectivity index (χ4n) is 3.41. The number of hydrogen-bond acceptors (Lipinski definition) is 6. The molecule has 1 aliphatic rings. The van der Waals surface area contributed by atoms with Crippen LogP contribution in [0.15, 0.2) is 23.1 Å². The maximum atomic E-state index is 12.6. The summed E-state index contributed by atoms with van der Waals surface area (Å²) >= 11 is 6.01. The molecule has 2 rings (SSSR count). The molecule has 32 heavy (non-hydrogen) atoms. The number of sulfonamides is 1. The van der Waals surface area contributed by atoms with Gasteiger partial charge in [-0.2, -0.15) is 0 Å². The normalized spacial score (nSPS) is 19.2. The first-order chi connectivity index (χ1) is 14.8. The quantitative estimate of drug-likeness (QED) is 0.529. The number of ether oxygens (including phenoxy) is 1. The van der Waals surface area contributed by atoms with Gasteiger partial charge in [-0.15, -0.1) is 0 Å². The molecule has 1 aromatic rings. The van der Waals surface area contributed by atoms with E-state index >= 15 is 0 Å². The molecule has 2 unspecified atom stereocenters. The lowest BCUT2D eigenvalue weighted by Gasteiger charge is -2.29. The van der Waals surface area contributed by atoms with E-state index in [2.05, 4.69) is 15.4 Å². The summed E-state index contributed by atoms with van der Waals surface area (Å²) in [4.78, 5) is 36.0. The van der Waals surface area contributed by atoms with Crippen LogP contribution in [0.2, 0.25) is 5.02 Å². The molecule has 0 radical (unpaired) electrons. The molecule has 1 fully saturated rings. The lowest BCUT2D eigenvalue weighted by molar-refractivity contribution is -0.123. The molecule has 0 aromatic heterocycles. The Hall–Kier alpha value is -2.17. The van der Waals surface area contributed by atoms with Gasteiger partial charge in [0, 0.05) is 11.6 Å². The molecule has 11 heteroatoms. The lowest BCUT2D eigenvalue weighted by atomic mass is 9.86. The summed E-state index contributed by atoms with van der Waals surface area (Å²) in [5.74, 6) is -1.40. The molecule has 3 amide bonds. The van der Waals surface area contributed by atoms with Crippen molar-refractivity contribution in [1.82, 2.24) is 15.4 Å². The van der Waals surface area contributed by atoms with Crippen molar-refractivity contribution < 1.29 is 27.5 Å². The minimum Gasteiger partial charge on any atom is -0.452 e. The van der Waals surface area contributed by atoms with Crippen molar-refractivity contribution in [3.63, 3.8) is 0 Å². The molecule has 0 heterocycles. The Bertz CT molecular complexity index is 974. The summed E-state index contributed by atoms with van der Waals surface area (Å²) in [6.07, 6.45) is 4.00. The van der Waals surface area contributed by atoms with Crippen LogP contribution in [0.5, 0.6) is 0 Å². The molecule has 1 saturated carbocycles. The van der Waals surface area contributed by atoms with Crippen molar-refractivity contribution in [2.75, 3.05) is 6.61 Å². The third-order valence-electron chi connectivity index (χ3n) is 4.91. The van der Waals surface area contributed by atoms with Crippen molar-refractivity contribution in [2.45, 2.75) is 69.9 Å². The number of nitrogens with one attached hydrogen (secondary N) is 3. The first-order valence-corrected chi connectivity index (χ1v) is 12.3. The number of rotatable bonds is 6. The molecular weight excluding hydrogens is 458 g/mol. The zero-order chi connectivity index (χ0) is 24.1. The van der Waals surface area contributed by atoms with Crippen molar-refractivity contribution in [2.24, 2.45) is 5.92 Å². The van der Waals surface area contributed by atoms with Gasteiger partial charge in [0.25, 0.3) is 5.91 Å². The van der Waals surface area contributed by atoms with E-state index < -0.39 is 40.1 Å². The van der Waals surface area contributed by atoms with E-state index in [1.54, 1.807) is 20.8 Å². The van der Waals surface area contributed by atoms with Gasteiger partial charge < -0.3 is 10.1 Å². The minimum absolute atomic E-state index is 0.00440. The number of carbonyl (C=O) groups excluding carboxylic acids is 3. The molecule has 2 atom stereocenters. The summed E-state index contributed by atoms with van der Waals surface area (Å²) in [6.45, 7) is 6.35. The Morgan fingerprint density at radius 1 is 1.16 bits per heavy atom. The van der Waals surface area contributed by atoms with Crippen LogP contribution in [0.1, 0.15) is 63.7 Å². The number of urea groups is 1. The van der Waals surface area contributed by atoms with Gasteiger partial charge in [-0.1, -0.05) is 31.4 Å². The van der Waals surface area contributed by atoms with Crippen LogP contribution in [-0.4, -0.2) is 44.5 Å². The fraction of sp³-hybridized carbons (Fsp3) is 0.571. The standard InChI is InChI=1S/C21H30ClN3O6S/c1-13-7-5-6-8-16(13)23-20(28)24-18(26)12-31-19(27)14-9-10-15(22)17(11-14)32(29,30)25-21(2,3)4/h9-11,13,16,25H,5-8,12H2,1-4H3,(H2,23,24,26,28). The number of amides is 3. The van der Waals surface area contributed by atoms with E-state index in [9.17, 15) is 22.8 Å². The second kappa shape index (κ2) is 10.6. The van der Waals surface area contributed by atoms with E-state index in [4.69, 9.17) is 16.3 Å². The number of benzene rings is 1. The maximum absolute atomic E-state index is 12.6. The smallest absolute Gasteiger partial charge is 0.338 e. The third kappa shape index (κ3) is 7.75. The number of halogens is 1. The van der Waals surface area contributed by atoms with Crippen molar-refractivity contribution in [3.8, 4) is 0 Å². The molecule has 0 spiro atoms. The molecule has 0 aliphatic heterocycles. The second-order valence-electron chi connectivity index (χ2n) is 8.97. The average Bonchev–Trinajstić information content (AvgIpc) is 2.66. The number of hydrogen-bond donors (Lipinski definition) is 3. The zero-order valence-corrected chi connectivity index (χ0v) is 20.2. The summed E-state index contributed by atoms with van der Waals surface area (Å²) in [6, 6.07) is 2.98. The van der Waals surface area contributed by atoms with Crippen LogP contribution in [0.4, 0.5) is 4.79 Å². The highest BCUT2D eigenvalue weighted by atomic mass is 35.5. The third-order valence-corrected chi connectivity index (χ3v) is 7.15. The Balaban J connectivity index is 1.95. The predicted molar refractivity (Wildman–Crippen MR) is 120 cm³/mol. The Morgan fingerprint density at radius 3 is 2.44 bits per heavy atom. The van der Waals surface area contributed by atoms with Crippen LogP contribution < -0.4 is 15.4 Å². The van der Waals surface area contributed by atoms with Gasteiger partial charge in [-0.3, -0.25) is 10.1 Å². The molecule has 178 valence electrons. The fourth-order valence-corrected chi connectivity index (χ4v) is 5.35. The Kier molecular flexibility index (Phi) is 8.67. The molecule has 0 saturated heterocycles. The molecular formula is C21H30ClN3O6S. The SMILES string of the molecule is CC1CCCCC1NC(=O)NC(=O)COC(=O)c1ccc(Cl)c(S(=O)(=O)NC(C)(C)C)c1. The van der Waals surface area contributed by atoms with Gasteiger partial charge in [-0.05, 0) is 57.7 Å². The highest BCUT2D eigenvalue weighted by Crippen LogP contribution is 2.25. The summed E-state index contributed by atoms with van der Waals surface area (Å²) in [7, 11) is -3.99. The summed E-state index contributed by atoms with van der Waals surface area (Å²) in [5.41, 5.74) is -0.857. The average molecular weight is 488 g/mol. The van der Waals surface area contributed by atoms with Gasteiger partial charge >= 0.3 is 12.0 Å². The van der Waals surface area contributed by atoms with E-state index in [-0.39, 0.29) is 21.5 Å². The minimum atomic E-state index is -3.99. The van der Waals surface area contributed by atoms with Gasteiger partial charge in [0.1, 0.15) is 4.90 Å². The lowest BCUT2D eigenvalue weighted by Crippen LogP contribution is -2.48. The topological polar surface area (TPSA) is 131 Å². The van der Waals surface area contributed by atoms with Crippen molar-refractivity contribution >= 4 is 39.5 Å². The van der Waals surface area contributed by atoms with Crippen LogP contribution in [-0.2, 0) is 19.6 Å². The van der Waals surface area contributed by atoms with Gasteiger partial charge in [0.15, 0.2) is 6.61 Å². The Morgan fingerprint density at radius 2 is 1.81 bits per heavy atom. The number of carbonyl (C=O) groups is 3. The van der Waals surface area contributed by atoms with E-state index in [0.717, 1.165) is 31.7 Å². The summed E-state index contributed by atoms with van der Waals surface area (Å²) in [5, 5.41) is 4.83. The van der Waals surface area contributed by atoms with Crippen molar-refractivity contribution in [1.29, 1.82) is 0 Å². The highest BCUT2D eigenvalue weighted by molar-refractivity contribution is 7.89. The molecule has 1 aliphatic carbocycles. The summed E-state index contributed by atoms with van der Waals surface area (Å²) < 4.78 is 32.5. The van der Waals surface area contributed by atoms with Crippen molar-refractivity contribution in [3.05, 3.63) is 28.8 Å². The molecule has 0 bridgehead atoms. The van der Waals surface area contributed by atoms with Gasteiger partial charge in [-0.25, -0.2) is 22.7 Å². The van der Waals surface area contributed by atoms with E-state index in [1.165, 1.54) is 12.1 Å².